The first-order valence-electron chi connectivity index (χ1n) is 4.41. The Balaban J connectivity index is 3.50. The highest BCUT2D eigenvalue weighted by Gasteiger charge is 2.10. The van der Waals surface area contributed by atoms with Crippen molar-refractivity contribution in [1.82, 2.24) is 0 Å². The van der Waals surface area contributed by atoms with Crippen LogP contribution in [0.5, 0.6) is 0 Å². The lowest BCUT2D eigenvalue weighted by atomic mass is 10.1. The van der Waals surface area contributed by atoms with Gasteiger partial charge in [-0.1, -0.05) is 0 Å². The lowest BCUT2D eigenvalue weighted by Gasteiger charge is -2.08. The van der Waals surface area contributed by atoms with E-state index >= 15 is 0 Å². The molecule has 0 heterocycles. The number of carbonyl (C=O) groups excluding carboxylic acids is 2. The maximum atomic E-state index is 10.7. The Labute approximate surface area is 83.0 Å². The van der Waals surface area contributed by atoms with Crippen LogP contribution in [0.4, 0.5) is 0 Å². The van der Waals surface area contributed by atoms with E-state index in [1.165, 1.54) is 14.2 Å². The summed E-state index contributed by atoms with van der Waals surface area (Å²) in [7, 11) is 2.59. The molecule has 0 unspecified atom stereocenters. The van der Waals surface area contributed by atoms with Gasteiger partial charge in [0.1, 0.15) is 0 Å². The summed E-state index contributed by atoms with van der Waals surface area (Å²) < 4.78 is 8.81. The lowest BCUT2D eigenvalue weighted by molar-refractivity contribution is -0.141. The fraction of sp³-hybridized carbons (Fsp3) is 0.778. The molecule has 14 heavy (non-hydrogen) atoms. The third-order valence-corrected chi connectivity index (χ3v) is 1.82. The molecule has 0 radical (unpaired) electrons. The Hall–Kier alpha value is -1.10. The Morgan fingerprint density at radius 2 is 1.43 bits per heavy atom. The van der Waals surface area contributed by atoms with Gasteiger partial charge < -0.3 is 14.6 Å². The molecule has 0 atom stereocenters. The number of hydrogen-bond donors (Lipinski definition) is 1. The first kappa shape index (κ1) is 12.9. The maximum Gasteiger partial charge on any atom is 0.305 e. The van der Waals surface area contributed by atoms with E-state index in [0.29, 0.717) is 12.8 Å². The average Bonchev–Trinajstić information content (AvgIpc) is 2.22. The third kappa shape index (κ3) is 6.42. The zero-order valence-electron chi connectivity index (χ0n) is 8.49. The minimum absolute atomic E-state index is 0.166. The monoisotopic (exact) mass is 204 g/mol. The molecule has 0 amide bonds. The highest BCUT2D eigenvalue weighted by atomic mass is 16.5. The van der Waals surface area contributed by atoms with Crippen molar-refractivity contribution in [3.8, 4) is 0 Å². The molecule has 82 valence electrons. The summed E-state index contributed by atoms with van der Waals surface area (Å²) in [4.78, 5) is 21.4. The van der Waals surface area contributed by atoms with Crippen molar-refractivity contribution in [2.75, 3.05) is 14.2 Å². The summed E-state index contributed by atoms with van der Waals surface area (Å²) in [5.74, 6) is -0.718. The second-order valence-corrected chi connectivity index (χ2v) is 2.88. The molecule has 0 aromatic heterocycles. The Bertz CT molecular complexity index is 170. The highest BCUT2D eigenvalue weighted by Crippen LogP contribution is 2.05. The molecule has 0 spiro atoms. The molecule has 0 rings (SSSR count). The molecule has 0 fully saturated rings. The molecule has 0 saturated carbocycles. The fourth-order valence-electron chi connectivity index (χ4n) is 0.917. The number of aliphatic hydroxyl groups excluding tert-OH is 1. The summed E-state index contributed by atoms with van der Waals surface area (Å²) in [6.07, 6.45) is 0.290. The van der Waals surface area contributed by atoms with Gasteiger partial charge in [-0.15, -0.1) is 0 Å². The molecular formula is C9H16O5. The van der Waals surface area contributed by atoms with Gasteiger partial charge in [0.15, 0.2) is 0 Å². The smallest absolute Gasteiger partial charge is 0.305 e. The van der Waals surface area contributed by atoms with Crippen LogP contribution >= 0.6 is 0 Å². The zero-order valence-corrected chi connectivity index (χ0v) is 8.49. The molecule has 0 aliphatic rings. The molecule has 0 aliphatic carbocycles. The van der Waals surface area contributed by atoms with Crippen molar-refractivity contribution in [3.63, 3.8) is 0 Å². The van der Waals surface area contributed by atoms with Crippen molar-refractivity contribution in [2.24, 2.45) is 0 Å². The minimum Gasteiger partial charge on any atom is -0.469 e. The van der Waals surface area contributed by atoms with Gasteiger partial charge in [-0.3, -0.25) is 9.59 Å². The van der Waals surface area contributed by atoms with Gasteiger partial charge in [-0.2, -0.15) is 0 Å². The van der Waals surface area contributed by atoms with Crippen molar-refractivity contribution < 1.29 is 24.2 Å². The largest absolute Gasteiger partial charge is 0.469 e. The van der Waals surface area contributed by atoms with Crippen molar-refractivity contribution >= 4 is 11.9 Å². The molecule has 0 aromatic carbocycles. The van der Waals surface area contributed by atoms with Crippen molar-refractivity contribution in [2.45, 2.75) is 31.8 Å². The van der Waals surface area contributed by atoms with E-state index in [0.717, 1.165) is 0 Å². The van der Waals surface area contributed by atoms with Gasteiger partial charge in [0, 0.05) is 12.8 Å². The highest BCUT2D eigenvalue weighted by molar-refractivity contribution is 5.69. The first-order chi connectivity index (χ1) is 6.60. The number of esters is 2. The van der Waals surface area contributed by atoms with Crippen LogP contribution < -0.4 is 0 Å². The summed E-state index contributed by atoms with van der Waals surface area (Å²) >= 11 is 0. The zero-order chi connectivity index (χ0) is 11.0. The molecular weight excluding hydrogens is 188 g/mol. The van der Waals surface area contributed by atoms with Crippen LogP contribution in [0.3, 0.4) is 0 Å². The van der Waals surface area contributed by atoms with Crippen molar-refractivity contribution in [1.29, 1.82) is 0 Å². The maximum absolute atomic E-state index is 10.7. The molecule has 0 aromatic rings. The Morgan fingerprint density at radius 1 is 1.07 bits per heavy atom. The lowest BCUT2D eigenvalue weighted by Crippen LogP contribution is -2.13. The molecule has 0 bridgehead atoms. The van der Waals surface area contributed by atoms with E-state index in [-0.39, 0.29) is 24.8 Å². The van der Waals surface area contributed by atoms with Crippen LogP contribution in [0, 0.1) is 0 Å². The van der Waals surface area contributed by atoms with Gasteiger partial charge in [-0.25, -0.2) is 0 Å². The van der Waals surface area contributed by atoms with E-state index in [4.69, 9.17) is 0 Å². The summed E-state index contributed by atoms with van der Waals surface area (Å²) in [5.41, 5.74) is 0. The molecule has 1 N–H and O–H groups in total. The van der Waals surface area contributed by atoms with E-state index < -0.39 is 6.10 Å². The van der Waals surface area contributed by atoms with Gasteiger partial charge in [0.2, 0.25) is 0 Å². The van der Waals surface area contributed by atoms with Gasteiger partial charge >= 0.3 is 11.9 Å². The van der Waals surface area contributed by atoms with E-state index in [1.807, 2.05) is 0 Å². The topological polar surface area (TPSA) is 72.8 Å². The van der Waals surface area contributed by atoms with E-state index in [2.05, 4.69) is 9.47 Å². The Morgan fingerprint density at radius 3 is 1.71 bits per heavy atom. The summed E-state index contributed by atoms with van der Waals surface area (Å²) in [6.45, 7) is 0. The average molecular weight is 204 g/mol. The predicted octanol–water partition coefficient (Wildman–Crippen LogP) is 0.254. The molecule has 0 aliphatic heterocycles. The number of methoxy groups -OCH3 is 2. The van der Waals surface area contributed by atoms with E-state index in [9.17, 15) is 14.7 Å². The van der Waals surface area contributed by atoms with Crippen molar-refractivity contribution in [3.05, 3.63) is 0 Å². The van der Waals surface area contributed by atoms with E-state index in [1.54, 1.807) is 0 Å². The Kier molecular flexibility index (Phi) is 6.74. The molecule has 0 saturated heterocycles. The molecule has 5 nitrogen and oxygen atoms in total. The van der Waals surface area contributed by atoms with Gasteiger partial charge in [-0.05, 0) is 12.8 Å². The second kappa shape index (κ2) is 7.32. The van der Waals surface area contributed by atoms with Crippen LogP contribution in [0.25, 0.3) is 0 Å². The van der Waals surface area contributed by atoms with Crippen LogP contribution in [0.15, 0.2) is 0 Å². The molecule has 5 heteroatoms. The van der Waals surface area contributed by atoms with Crippen LogP contribution in [0.1, 0.15) is 25.7 Å². The first-order valence-corrected chi connectivity index (χ1v) is 4.41. The third-order valence-electron chi connectivity index (χ3n) is 1.82. The fourth-order valence-corrected chi connectivity index (χ4v) is 0.917. The number of aliphatic hydroxyl groups is 1. The SMILES string of the molecule is COC(=O)CCC(O)CCC(=O)OC. The van der Waals surface area contributed by atoms with Gasteiger partial charge in [0.25, 0.3) is 0 Å². The van der Waals surface area contributed by atoms with Gasteiger partial charge in [0.05, 0.1) is 20.3 Å². The normalized spacial score (nSPS) is 10.0. The van der Waals surface area contributed by atoms with Crippen LogP contribution in [0.2, 0.25) is 0 Å². The summed E-state index contributed by atoms with van der Waals surface area (Å²) in [6, 6.07) is 0. The summed E-state index contributed by atoms with van der Waals surface area (Å²) in [5, 5.41) is 9.32. The second-order valence-electron chi connectivity index (χ2n) is 2.88. The predicted molar refractivity (Wildman–Crippen MR) is 48.5 cm³/mol. The number of hydrogen-bond acceptors (Lipinski definition) is 5. The number of carbonyl (C=O) groups is 2. The van der Waals surface area contributed by atoms with Crippen LogP contribution in [-0.2, 0) is 19.1 Å². The minimum atomic E-state index is -0.659. The number of rotatable bonds is 6. The standard InChI is InChI=1S/C9H16O5/c1-13-8(11)5-3-7(10)4-6-9(12)14-2/h7,10H,3-6H2,1-2H3. The number of ether oxygens (including phenoxy) is 2. The quantitative estimate of drug-likeness (QED) is 0.628. The van der Waals surface area contributed by atoms with Crippen LogP contribution in [-0.4, -0.2) is 37.4 Å².